The van der Waals surface area contributed by atoms with Crippen molar-refractivity contribution < 1.29 is 4.74 Å². The molecule has 0 aliphatic rings. The maximum Gasteiger partial charge on any atom is 0.0689 e. The van der Waals surface area contributed by atoms with E-state index >= 15 is 0 Å². The van der Waals surface area contributed by atoms with Crippen LogP contribution in [0.1, 0.15) is 108 Å². The average molecular weight is 327 g/mol. The van der Waals surface area contributed by atoms with Crippen LogP contribution in [-0.2, 0) is 4.74 Å². The van der Waals surface area contributed by atoms with Gasteiger partial charge in [-0.3, -0.25) is 0 Å². The normalized spacial score (nSPS) is 22.7. The van der Waals surface area contributed by atoms with Crippen LogP contribution < -0.4 is 0 Å². The smallest absolute Gasteiger partial charge is 0.0689 e. The molecule has 0 radical (unpaired) electrons. The third kappa shape index (κ3) is 6.07. The standard InChI is InChI=1S/C22H46O/c1-11-15-21(9,19(7)17(5)13-3)23-22(10,16-12-2)20(8)18(6)14-4/h17-20H,11-16H2,1-10H3. The van der Waals surface area contributed by atoms with Crippen LogP contribution in [0, 0.1) is 23.7 Å². The van der Waals surface area contributed by atoms with Gasteiger partial charge in [-0.25, -0.2) is 0 Å². The molecule has 0 aromatic rings. The molecule has 0 saturated heterocycles. The summed E-state index contributed by atoms with van der Waals surface area (Å²) in [4.78, 5) is 0. The Balaban J connectivity index is 5.53. The molecule has 0 aromatic carbocycles. The predicted octanol–water partition coefficient (Wildman–Crippen LogP) is 7.49. The summed E-state index contributed by atoms with van der Waals surface area (Å²) >= 11 is 0. The van der Waals surface area contributed by atoms with Gasteiger partial charge in [0.1, 0.15) is 0 Å². The molecule has 0 fully saturated rings. The predicted molar refractivity (Wildman–Crippen MR) is 105 cm³/mol. The van der Waals surface area contributed by atoms with E-state index in [4.69, 9.17) is 4.74 Å². The highest BCUT2D eigenvalue weighted by molar-refractivity contribution is 4.92. The largest absolute Gasteiger partial charge is 0.369 e. The fourth-order valence-electron chi connectivity index (χ4n) is 4.18. The lowest BCUT2D eigenvalue weighted by Gasteiger charge is -2.49. The summed E-state index contributed by atoms with van der Waals surface area (Å²) in [7, 11) is 0. The lowest BCUT2D eigenvalue weighted by Crippen LogP contribution is -2.50. The van der Waals surface area contributed by atoms with E-state index in [0.717, 1.165) is 12.8 Å². The third-order valence-corrected chi connectivity index (χ3v) is 6.88. The van der Waals surface area contributed by atoms with Crippen molar-refractivity contribution in [3.63, 3.8) is 0 Å². The van der Waals surface area contributed by atoms with Gasteiger partial charge >= 0.3 is 0 Å². The minimum absolute atomic E-state index is 0.0180. The molecule has 0 aliphatic heterocycles. The van der Waals surface area contributed by atoms with Gasteiger partial charge in [0.05, 0.1) is 11.2 Å². The van der Waals surface area contributed by atoms with Gasteiger partial charge in [0.25, 0.3) is 0 Å². The molecule has 0 aliphatic carbocycles. The van der Waals surface area contributed by atoms with Crippen LogP contribution in [0.15, 0.2) is 0 Å². The Hall–Kier alpha value is -0.0400. The first-order chi connectivity index (χ1) is 10.6. The first kappa shape index (κ1) is 23.0. The number of hydrogen-bond donors (Lipinski definition) is 0. The molecule has 0 amide bonds. The van der Waals surface area contributed by atoms with Crippen molar-refractivity contribution in [3.05, 3.63) is 0 Å². The maximum atomic E-state index is 7.08. The van der Waals surface area contributed by atoms with Crippen LogP contribution in [0.3, 0.4) is 0 Å². The molecule has 6 atom stereocenters. The Labute approximate surface area is 148 Å². The Morgan fingerprint density at radius 1 is 0.652 bits per heavy atom. The molecule has 1 heteroatoms. The summed E-state index contributed by atoms with van der Waals surface area (Å²) < 4.78 is 7.08. The highest BCUT2D eigenvalue weighted by atomic mass is 16.5. The molecule has 23 heavy (non-hydrogen) atoms. The second kappa shape index (κ2) is 10.1. The molecular weight excluding hydrogens is 280 g/mol. The summed E-state index contributed by atoms with van der Waals surface area (Å²) in [5.41, 5.74) is -0.0361. The summed E-state index contributed by atoms with van der Waals surface area (Å²) in [6.45, 7) is 23.5. The zero-order valence-electron chi connectivity index (χ0n) is 18.0. The number of hydrogen-bond acceptors (Lipinski definition) is 1. The molecule has 0 saturated carbocycles. The molecule has 0 bridgehead atoms. The van der Waals surface area contributed by atoms with Crippen molar-refractivity contribution in [2.24, 2.45) is 23.7 Å². The first-order valence-electron chi connectivity index (χ1n) is 10.3. The van der Waals surface area contributed by atoms with Crippen molar-refractivity contribution >= 4 is 0 Å². The third-order valence-electron chi connectivity index (χ3n) is 6.88. The van der Waals surface area contributed by atoms with Crippen LogP contribution in [0.4, 0.5) is 0 Å². The first-order valence-corrected chi connectivity index (χ1v) is 10.3. The molecule has 140 valence electrons. The van der Waals surface area contributed by atoms with Gasteiger partial charge in [-0.1, -0.05) is 81.1 Å². The summed E-state index contributed by atoms with van der Waals surface area (Å²) in [5.74, 6) is 2.59. The monoisotopic (exact) mass is 326 g/mol. The van der Waals surface area contributed by atoms with Crippen LogP contribution in [0.5, 0.6) is 0 Å². The lowest BCUT2D eigenvalue weighted by molar-refractivity contribution is -0.204. The van der Waals surface area contributed by atoms with Gasteiger partial charge in [0.2, 0.25) is 0 Å². The van der Waals surface area contributed by atoms with E-state index in [9.17, 15) is 0 Å². The van der Waals surface area contributed by atoms with Crippen LogP contribution in [-0.4, -0.2) is 11.2 Å². The maximum absolute atomic E-state index is 7.08. The Morgan fingerprint density at radius 3 is 1.17 bits per heavy atom. The number of rotatable bonds is 12. The van der Waals surface area contributed by atoms with Gasteiger partial charge in [-0.2, -0.15) is 0 Å². The lowest BCUT2D eigenvalue weighted by atomic mass is 9.74. The molecule has 0 heterocycles. The van der Waals surface area contributed by atoms with Crippen molar-refractivity contribution in [3.8, 4) is 0 Å². The van der Waals surface area contributed by atoms with E-state index in [0.29, 0.717) is 23.7 Å². The van der Waals surface area contributed by atoms with Crippen molar-refractivity contribution in [2.75, 3.05) is 0 Å². The van der Waals surface area contributed by atoms with Crippen molar-refractivity contribution in [2.45, 2.75) is 119 Å². The van der Waals surface area contributed by atoms with E-state index in [2.05, 4.69) is 69.2 Å². The van der Waals surface area contributed by atoms with E-state index in [1.165, 1.54) is 25.7 Å². The number of ether oxygens (including phenoxy) is 1. The second-order valence-corrected chi connectivity index (χ2v) is 8.58. The summed E-state index contributed by atoms with van der Waals surface area (Å²) in [5, 5.41) is 0. The topological polar surface area (TPSA) is 9.23 Å². The van der Waals surface area contributed by atoms with Gasteiger partial charge in [-0.15, -0.1) is 0 Å². The summed E-state index contributed by atoms with van der Waals surface area (Å²) in [6.07, 6.45) is 7.16. The van der Waals surface area contributed by atoms with Crippen molar-refractivity contribution in [1.29, 1.82) is 0 Å². The van der Waals surface area contributed by atoms with Crippen LogP contribution in [0.25, 0.3) is 0 Å². The average Bonchev–Trinajstić information content (AvgIpc) is 2.51. The van der Waals surface area contributed by atoms with Gasteiger partial charge < -0.3 is 4.74 Å². The molecular formula is C22H46O. The molecule has 1 nitrogen and oxygen atoms in total. The van der Waals surface area contributed by atoms with Crippen molar-refractivity contribution in [1.82, 2.24) is 0 Å². The quantitative estimate of drug-likeness (QED) is 0.361. The van der Waals surface area contributed by atoms with Gasteiger partial charge in [0, 0.05) is 0 Å². The molecule has 0 N–H and O–H groups in total. The zero-order chi connectivity index (χ0) is 18.3. The van der Waals surface area contributed by atoms with Gasteiger partial charge in [0.15, 0.2) is 0 Å². The fourth-order valence-corrected chi connectivity index (χ4v) is 4.18. The fraction of sp³-hybridized carbons (Fsp3) is 1.00. The molecule has 0 spiro atoms. The highest BCUT2D eigenvalue weighted by Gasteiger charge is 2.43. The van der Waals surface area contributed by atoms with Crippen LogP contribution >= 0.6 is 0 Å². The Morgan fingerprint density at radius 2 is 0.957 bits per heavy atom. The van der Waals surface area contributed by atoms with E-state index in [1.807, 2.05) is 0 Å². The SMILES string of the molecule is CCCC(C)(OC(C)(CCC)C(C)C(C)CC)C(C)C(C)CC. The van der Waals surface area contributed by atoms with Crippen LogP contribution in [0.2, 0.25) is 0 Å². The van der Waals surface area contributed by atoms with E-state index in [-0.39, 0.29) is 11.2 Å². The second-order valence-electron chi connectivity index (χ2n) is 8.58. The minimum atomic E-state index is -0.0180. The highest BCUT2D eigenvalue weighted by Crippen LogP contribution is 2.43. The Bertz CT molecular complexity index is 283. The van der Waals surface area contributed by atoms with E-state index < -0.39 is 0 Å². The zero-order valence-corrected chi connectivity index (χ0v) is 18.0. The molecule has 6 unspecified atom stereocenters. The summed E-state index contributed by atoms with van der Waals surface area (Å²) in [6, 6.07) is 0. The Kier molecular flexibility index (Phi) is 10.0. The van der Waals surface area contributed by atoms with E-state index in [1.54, 1.807) is 0 Å². The van der Waals surface area contributed by atoms with Gasteiger partial charge in [-0.05, 0) is 50.4 Å². The molecule has 0 aromatic heterocycles. The minimum Gasteiger partial charge on any atom is -0.369 e. The molecule has 0 rings (SSSR count).